The number of carbonyl (C=O) groups excluding carboxylic acids is 1. The minimum atomic E-state index is -0.348. The molecule has 15 heavy (non-hydrogen) atoms. The van der Waals surface area contributed by atoms with Crippen LogP contribution in [0.4, 0.5) is 0 Å². The third kappa shape index (κ3) is 3.40. The van der Waals surface area contributed by atoms with Crippen LogP contribution < -0.4 is 0 Å². The number of benzene rings is 1. The van der Waals surface area contributed by atoms with Gasteiger partial charge in [-0.15, -0.1) is 11.6 Å². The number of aryl methyl sites for hydroxylation is 1. The maximum atomic E-state index is 11.3. The fourth-order valence-corrected chi connectivity index (χ4v) is 1.61. The van der Waals surface area contributed by atoms with E-state index in [1.54, 1.807) is 18.2 Å². The molecule has 0 aliphatic carbocycles. The van der Waals surface area contributed by atoms with Crippen molar-refractivity contribution in [3.05, 3.63) is 34.3 Å². The van der Waals surface area contributed by atoms with Gasteiger partial charge >= 0.3 is 5.97 Å². The van der Waals surface area contributed by atoms with Crippen LogP contribution in [0.25, 0.3) is 0 Å². The first kappa shape index (κ1) is 12.3. The Morgan fingerprint density at radius 1 is 1.47 bits per heavy atom. The van der Waals surface area contributed by atoms with Gasteiger partial charge in [-0.3, -0.25) is 0 Å². The molecule has 0 saturated carbocycles. The lowest BCUT2D eigenvalue weighted by molar-refractivity contribution is 0.0600. The number of methoxy groups -OCH3 is 1. The van der Waals surface area contributed by atoms with Crippen molar-refractivity contribution in [2.45, 2.75) is 12.8 Å². The average molecular weight is 247 g/mol. The number of ether oxygens (including phenoxy) is 1. The molecule has 82 valence electrons. The van der Waals surface area contributed by atoms with Crippen molar-refractivity contribution >= 4 is 29.2 Å². The SMILES string of the molecule is COC(=O)c1ccc(Cl)c(CCCCl)c1. The van der Waals surface area contributed by atoms with Gasteiger partial charge in [0.25, 0.3) is 0 Å². The van der Waals surface area contributed by atoms with E-state index in [1.807, 2.05) is 0 Å². The zero-order chi connectivity index (χ0) is 11.3. The predicted octanol–water partition coefficient (Wildman–Crippen LogP) is 3.30. The van der Waals surface area contributed by atoms with Crippen molar-refractivity contribution in [3.63, 3.8) is 0 Å². The number of rotatable bonds is 4. The second-order valence-corrected chi connectivity index (χ2v) is 3.88. The molecular weight excluding hydrogens is 235 g/mol. The molecule has 0 fully saturated rings. The molecule has 0 aromatic heterocycles. The van der Waals surface area contributed by atoms with Gasteiger partial charge in [-0.2, -0.15) is 0 Å². The third-order valence-electron chi connectivity index (χ3n) is 2.05. The van der Waals surface area contributed by atoms with Gasteiger partial charge < -0.3 is 4.74 Å². The predicted molar refractivity (Wildman–Crippen MR) is 61.8 cm³/mol. The Balaban J connectivity index is 2.89. The van der Waals surface area contributed by atoms with Gasteiger partial charge in [0, 0.05) is 10.9 Å². The minimum absolute atomic E-state index is 0.348. The highest BCUT2D eigenvalue weighted by atomic mass is 35.5. The van der Waals surface area contributed by atoms with E-state index >= 15 is 0 Å². The summed E-state index contributed by atoms with van der Waals surface area (Å²) in [7, 11) is 1.36. The molecule has 2 nitrogen and oxygen atoms in total. The zero-order valence-corrected chi connectivity index (χ0v) is 9.94. The van der Waals surface area contributed by atoms with Crippen LogP contribution in [0.1, 0.15) is 22.3 Å². The van der Waals surface area contributed by atoms with Crippen molar-refractivity contribution in [3.8, 4) is 0 Å². The molecule has 1 rings (SSSR count). The summed E-state index contributed by atoms with van der Waals surface area (Å²) in [6.45, 7) is 0. The van der Waals surface area contributed by atoms with Gasteiger partial charge in [-0.05, 0) is 36.6 Å². The van der Waals surface area contributed by atoms with Crippen LogP contribution in [0.3, 0.4) is 0 Å². The first-order valence-corrected chi connectivity index (χ1v) is 5.53. The summed E-state index contributed by atoms with van der Waals surface area (Å²) in [4.78, 5) is 11.3. The van der Waals surface area contributed by atoms with Crippen LogP contribution in [-0.4, -0.2) is 19.0 Å². The van der Waals surface area contributed by atoms with Crippen molar-refractivity contribution < 1.29 is 9.53 Å². The highest BCUT2D eigenvalue weighted by Crippen LogP contribution is 2.19. The Hall–Kier alpha value is -0.730. The van der Waals surface area contributed by atoms with E-state index in [9.17, 15) is 4.79 Å². The highest BCUT2D eigenvalue weighted by Gasteiger charge is 2.08. The summed E-state index contributed by atoms with van der Waals surface area (Å²) < 4.78 is 4.63. The minimum Gasteiger partial charge on any atom is -0.465 e. The molecule has 4 heteroatoms. The summed E-state index contributed by atoms with van der Waals surface area (Å²) in [6.07, 6.45) is 1.61. The fraction of sp³-hybridized carbons (Fsp3) is 0.364. The van der Waals surface area contributed by atoms with Crippen molar-refractivity contribution in [1.82, 2.24) is 0 Å². The van der Waals surface area contributed by atoms with E-state index in [1.165, 1.54) is 7.11 Å². The highest BCUT2D eigenvalue weighted by molar-refractivity contribution is 6.31. The number of esters is 1. The van der Waals surface area contributed by atoms with Gasteiger partial charge in [-0.25, -0.2) is 4.79 Å². The first-order chi connectivity index (χ1) is 7.19. The van der Waals surface area contributed by atoms with Gasteiger partial charge in [0.1, 0.15) is 0 Å². The second kappa shape index (κ2) is 5.99. The van der Waals surface area contributed by atoms with E-state index in [-0.39, 0.29) is 5.97 Å². The first-order valence-electron chi connectivity index (χ1n) is 4.61. The van der Waals surface area contributed by atoms with Gasteiger partial charge in [0.15, 0.2) is 0 Å². The summed E-state index contributed by atoms with van der Waals surface area (Å²) in [5, 5.41) is 0.660. The lowest BCUT2D eigenvalue weighted by atomic mass is 10.1. The Kier molecular flexibility index (Phi) is 4.92. The summed E-state index contributed by atoms with van der Waals surface area (Å²) in [6, 6.07) is 5.11. The molecule has 0 radical (unpaired) electrons. The maximum Gasteiger partial charge on any atom is 0.337 e. The van der Waals surface area contributed by atoms with Crippen molar-refractivity contribution in [2.24, 2.45) is 0 Å². The fourth-order valence-electron chi connectivity index (χ4n) is 1.27. The van der Waals surface area contributed by atoms with Crippen LogP contribution >= 0.6 is 23.2 Å². The Labute approximate surface area is 99.1 Å². The van der Waals surface area contributed by atoms with Crippen molar-refractivity contribution in [2.75, 3.05) is 13.0 Å². The summed E-state index contributed by atoms with van der Waals surface area (Å²) >= 11 is 11.6. The monoisotopic (exact) mass is 246 g/mol. The molecule has 0 atom stereocenters. The number of alkyl halides is 1. The van der Waals surface area contributed by atoms with E-state index in [4.69, 9.17) is 23.2 Å². The average Bonchev–Trinajstić information content (AvgIpc) is 2.27. The van der Waals surface area contributed by atoms with E-state index in [2.05, 4.69) is 4.74 Å². The smallest absolute Gasteiger partial charge is 0.337 e. The molecule has 0 bridgehead atoms. The van der Waals surface area contributed by atoms with Gasteiger partial charge in [-0.1, -0.05) is 11.6 Å². The standard InChI is InChI=1S/C11H12Cl2O2/c1-15-11(14)9-4-5-10(13)8(7-9)3-2-6-12/h4-5,7H,2-3,6H2,1H3. The Bertz CT molecular complexity index is 350. The number of hydrogen-bond acceptors (Lipinski definition) is 2. The lowest BCUT2D eigenvalue weighted by Gasteiger charge is -2.05. The number of hydrogen-bond donors (Lipinski definition) is 0. The molecule has 0 saturated heterocycles. The Morgan fingerprint density at radius 3 is 2.80 bits per heavy atom. The molecular formula is C11H12Cl2O2. The van der Waals surface area contributed by atoms with Crippen LogP contribution in [0.5, 0.6) is 0 Å². The number of halogens is 2. The molecule has 0 aliphatic rings. The molecule has 1 aromatic rings. The van der Waals surface area contributed by atoms with Crippen LogP contribution in [0, 0.1) is 0 Å². The molecule has 0 amide bonds. The summed E-state index contributed by atoms with van der Waals surface area (Å²) in [5.74, 6) is 0.234. The van der Waals surface area contributed by atoms with E-state index in [0.29, 0.717) is 16.5 Å². The van der Waals surface area contributed by atoms with Gasteiger partial charge in [0.2, 0.25) is 0 Å². The zero-order valence-electron chi connectivity index (χ0n) is 8.43. The van der Waals surface area contributed by atoms with Crippen molar-refractivity contribution in [1.29, 1.82) is 0 Å². The largest absolute Gasteiger partial charge is 0.465 e. The van der Waals surface area contributed by atoms with E-state index in [0.717, 1.165) is 18.4 Å². The topological polar surface area (TPSA) is 26.3 Å². The molecule has 0 spiro atoms. The third-order valence-corrected chi connectivity index (χ3v) is 2.68. The van der Waals surface area contributed by atoms with E-state index < -0.39 is 0 Å². The molecule has 1 aromatic carbocycles. The molecule has 0 heterocycles. The molecule has 0 unspecified atom stereocenters. The summed E-state index contributed by atoms with van der Waals surface area (Å²) in [5.41, 5.74) is 1.45. The number of carbonyl (C=O) groups is 1. The quantitative estimate of drug-likeness (QED) is 0.602. The molecule has 0 N–H and O–H groups in total. The maximum absolute atomic E-state index is 11.3. The lowest BCUT2D eigenvalue weighted by Crippen LogP contribution is -2.02. The van der Waals surface area contributed by atoms with Crippen LogP contribution in [0.2, 0.25) is 5.02 Å². The second-order valence-electron chi connectivity index (χ2n) is 3.09. The van der Waals surface area contributed by atoms with Gasteiger partial charge in [0.05, 0.1) is 12.7 Å². The Morgan fingerprint density at radius 2 is 2.20 bits per heavy atom. The normalized spacial score (nSPS) is 10.1. The van der Waals surface area contributed by atoms with Crippen LogP contribution in [0.15, 0.2) is 18.2 Å². The van der Waals surface area contributed by atoms with Crippen LogP contribution in [-0.2, 0) is 11.2 Å². The molecule has 0 aliphatic heterocycles.